The number of alkyl halides is 3. The molecule has 15 heteroatoms. The molecule has 1 atom stereocenters. The van der Waals surface area contributed by atoms with Gasteiger partial charge in [-0.25, -0.2) is 22.0 Å². The minimum absolute atomic E-state index is 0.0704. The van der Waals surface area contributed by atoms with E-state index in [1.54, 1.807) is 0 Å². The number of halogens is 3. The first-order chi connectivity index (χ1) is 19.2. The van der Waals surface area contributed by atoms with Crippen molar-refractivity contribution in [1.29, 1.82) is 0 Å². The summed E-state index contributed by atoms with van der Waals surface area (Å²) in [6, 6.07) is 11.4. The van der Waals surface area contributed by atoms with E-state index in [2.05, 4.69) is 44.1 Å². The predicted molar refractivity (Wildman–Crippen MR) is 166 cm³/mol. The Morgan fingerprint density at radius 2 is 1.64 bits per heavy atom. The number of hydrogen-bond donors (Lipinski definition) is 2. The van der Waals surface area contributed by atoms with Crippen LogP contribution in [-0.2, 0) is 24.3 Å². The number of sulfone groups is 1. The molecule has 1 unspecified atom stereocenters. The molecule has 0 aromatic heterocycles. The highest BCUT2D eigenvalue weighted by Gasteiger charge is 2.48. The topological polar surface area (TPSA) is 119 Å². The molecule has 42 heavy (non-hydrogen) atoms. The molecule has 0 heterocycles. The van der Waals surface area contributed by atoms with Crippen LogP contribution in [-0.4, -0.2) is 73.6 Å². The van der Waals surface area contributed by atoms with Crippen molar-refractivity contribution in [3.8, 4) is 0 Å². The number of nitrogens with zero attached hydrogens (tertiary/aromatic N) is 1. The average Bonchev–Trinajstić information content (AvgIpc) is 2.87. The molecular formula is C27H42F3N3O5S3Si. The van der Waals surface area contributed by atoms with Crippen LogP contribution in [0.3, 0.4) is 0 Å². The molecule has 238 valence electrons. The van der Waals surface area contributed by atoms with E-state index in [-0.39, 0.29) is 10.7 Å². The smallest absolute Gasteiger partial charge is 0.416 e. The van der Waals surface area contributed by atoms with Crippen LogP contribution in [0.25, 0.3) is 0 Å². The fourth-order valence-electron chi connectivity index (χ4n) is 3.69. The summed E-state index contributed by atoms with van der Waals surface area (Å²) in [7, 11) is -12.3. The number of rotatable bonds is 15. The number of nitrogens with two attached hydrogens (primary N) is 1. The Balaban J connectivity index is 2.33. The molecule has 0 saturated heterocycles. The highest BCUT2D eigenvalue weighted by molar-refractivity contribution is 7.99. The minimum Gasteiger partial charge on any atom is -0.416 e. The summed E-state index contributed by atoms with van der Waals surface area (Å²) in [5.74, 6) is 0.407. The zero-order chi connectivity index (χ0) is 32.0. The van der Waals surface area contributed by atoms with Crippen LogP contribution < -0.4 is 10.5 Å². The first-order valence-electron chi connectivity index (χ1n) is 13.5. The molecule has 0 spiro atoms. The Morgan fingerprint density at radius 1 is 1.02 bits per heavy atom. The van der Waals surface area contributed by atoms with Crippen molar-refractivity contribution in [2.45, 2.75) is 78.5 Å². The van der Waals surface area contributed by atoms with Crippen LogP contribution in [0.1, 0.15) is 34.1 Å². The van der Waals surface area contributed by atoms with Crippen molar-refractivity contribution in [2.24, 2.45) is 5.14 Å². The van der Waals surface area contributed by atoms with E-state index in [9.17, 15) is 30.0 Å². The summed E-state index contributed by atoms with van der Waals surface area (Å²) in [5.41, 5.74) is -5.99. The van der Waals surface area contributed by atoms with Gasteiger partial charge in [-0.15, -0.1) is 11.8 Å². The highest BCUT2D eigenvalue weighted by atomic mass is 32.2. The fraction of sp³-hybridized carbons (Fsp3) is 0.556. The molecule has 2 aromatic carbocycles. The van der Waals surface area contributed by atoms with Crippen LogP contribution in [0, 0.1) is 0 Å². The molecule has 0 fully saturated rings. The largest absolute Gasteiger partial charge is 0.501 e. The van der Waals surface area contributed by atoms with Gasteiger partial charge in [0.15, 0.2) is 8.32 Å². The molecule has 0 aliphatic heterocycles. The Morgan fingerprint density at radius 3 is 2.17 bits per heavy atom. The van der Waals surface area contributed by atoms with Crippen molar-refractivity contribution in [2.75, 3.05) is 37.3 Å². The standard InChI is InChI=1S/C27H42F3N3O5S3Si/c1-7-33(17-18-38-42(5,6)26(2,3)4)16-15-21(20-39-22-11-9-8-10-12-22)32-24-14-13-23(41(31,36)37)19-25(24)40(34,35)27(28,29)30/h8-14,19,21,32H,7,15-18,20H2,1-6H3,(H2,31,36,37). The van der Waals surface area contributed by atoms with Gasteiger partial charge in [0.05, 0.1) is 10.6 Å². The molecule has 0 amide bonds. The number of anilines is 1. The average molecular weight is 670 g/mol. The third kappa shape index (κ3) is 10.2. The summed E-state index contributed by atoms with van der Waals surface area (Å²) in [6.45, 7) is 15.4. The second-order valence-corrected chi connectivity index (χ2v) is 20.8. The van der Waals surface area contributed by atoms with Gasteiger partial charge in [-0.05, 0) is 61.4 Å². The van der Waals surface area contributed by atoms with Crippen LogP contribution in [0.4, 0.5) is 18.9 Å². The predicted octanol–water partition coefficient (Wildman–Crippen LogP) is 5.93. The lowest BCUT2D eigenvalue weighted by atomic mass is 10.2. The van der Waals surface area contributed by atoms with Crippen molar-refractivity contribution < 1.29 is 34.4 Å². The molecule has 2 rings (SSSR count). The van der Waals surface area contributed by atoms with Gasteiger partial charge in [0.2, 0.25) is 10.0 Å². The summed E-state index contributed by atoms with van der Waals surface area (Å²) >= 11 is 1.47. The second kappa shape index (κ2) is 14.4. The SMILES string of the molecule is CCN(CCO[Si](C)(C)C(C)(C)C)CCC(CSc1ccccc1)Nc1ccc(S(N)(=O)=O)cc1S(=O)(=O)C(F)(F)F. The maximum atomic E-state index is 13.6. The number of nitrogens with one attached hydrogen (secondary N) is 1. The molecule has 0 bridgehead atoms. The molecule has 0 radical (unpaired) electrons. The number of benzene rings is 2. The number of likely N-dealkylation sites (N-methyl/N-ethyl adjacent to an activating group) is 1. The number of primary sulfonamides is 1. The van der Waals surface area contributed by atoms with Crippen LogP contribution >= 0.6 is 11.8 Å². The van der Waals surface area contributed by atoms with Crippen molar-refractivity contribution in [3.05, 3.63) is 48.5 Å². The zero-order valence-corrected chi connectivity index (χ0v) is 28.3. The first kappa shape index (κ1) is 36.6. The molecule has 8 nitrogen and oxygen atoms in total. The van der Waals surface area contributed by atoms with Gasteiger partial charge in [0.1, 0.15) is 4.90 Å². The van der Waals surface area contributed by atoms with Crippen molar-refractivity contribution >= 4 is 45.6 Å². The van der Waals surface area contributed by atoms with E-state index in [0.29, 0.717) is 37.9 Å². The summed E-state index contributed by atoms with van der Waals surface area (Å²) in [6.07, 6.45) is 0.468. The molecule has 0 saturated carbocycles. The second-order valence-electron chi connectivity index (χ2n) is 11.4. The maximum absolute atomic E-state index is 13.6. The normalized spacial score (nSPS) is 14.3. The van der Waals surface area contributed by atoms with Gasteiger partial charge < -0.3 is 14.6 Å². The Kier molecular flexibility index (Phi) is 12.6. The summed E-state index contributed by atoms with van der Waals surface area (Å²) in [4.78, 5) is 1.19. The van der Waals surface area contributed by atoms with Gasteiger partial charge in [0.25, 0.3) is 9.84 Å². The lowest BCUT2D eigenvalue weighted by molar-refractivity contribution is -0.0435. The molecule has 3 N–H and O–H groups in total. The van der Waals surface area contributed by atoms with E-state index in [1.165, 1.54) is 11.8 Å². The Labute approximate surface area is 253 Å². The first-order valence-corrected chi connectivity index (χ1v) is 20.4. The van der Waals surface area contributed by atoms with E-state index in [0.717, 1.165) is 23.6 Å². The fourth-order valence-corrected chi connectivity index (χ4v) is 7.28. The van der Waals surface area contributed by atoms with E-state index >= 15 is 0 Å². The third-order valence-corrected chi connectivity index (χ3v) is 15.5. The van der Waals surface area contributed by atoms with Gasteiger partial charge >= 0.3 is 5.51 Å². The molecular weight excluding hydrogens is 628 g/mol. The summed E-state index contributed by atoms with van der Waals surface area (Å²) in [5, 5.41) is 8.13. The summed E-state index contributed by atoms with van der Waals surface area (Å²) < 4.78 is 95.7. The van der Waals surface area contributed by atoms with Crippen molar-refractivity contribution in [3.63, 3.8) is 0 Å². The van der Waals surface area contributed by atoms with Gasteiger partial charge in [0, 0.05) is 36.4 Å². The highest BCUT2D eigenvalue weighted by Crippen LogP contribution is 2.37. The van der Waals surface area contributed by atoms with Gasteiger partial charge in [-0.1, -0.05) is 45.9 Å². The van der Waals surface area contributed by atoms with Crippen LogP contribution in [0.2, 0.25) is 18.1 Å². The number of hydrogen-bond acceptors (Lipinski definition) is 8. The number of thioether (sulfide) groups is 1. The maximum Gasteiger partial charge on any atom is 0.501 e. The lowest BCUT2D eigenvalue weighted by Crippen LogP contribution is -2.43. The van der Waals surface area contributed by atoms with E-state index in [4.69, 9.17) is 9.56 Å². The Hall–Kier alpha value is -1.62. The zero-order valence-electron chi connectivity index (χ0n) is 24.9. The monoisotopic (exact) mass is 669 g/mol. The van der Waals surface area contributed by atoms with Crippen LogP contribution in [0.5, 0.6) is 0 Å². The van der Waals surface area contributed by atoms with E-state index in [1.807, 2.05) is 37.3 Å². The van der Waals surface area contributed by atoms with E-state index < -0.39 is 49.5 Å². The van der Waals surface area contributed by atoms with Gasteiger partial charge in [-0.3, -0.25) is 0 Å². The quantitative estimate of drug-likeness (QED) is 0.177. The molecule has 0 aliphatic carbocycles. The lowest BCUT2D eigenvalue weighted by Gasteiger charge is -2.37. The van der Waals surface area contributed by atoms with Gasteiger partial charge in [-0.2, -0.15) is 13.2 Å². The third-order valence-electron chi connectivity index (χ3n) is 7.35. The van der Waals surface area contributed by atoms with Crippen molar-refractivity contribution in [1.82, 2.24) is 4.90 Å². The number of sulfonamides is 1. The Bertz CT molecular complexity index is 1390. The van der Waals surface area contributed by atoms with Crippen LogP contribution in [0.15, 0.2) is 63.2 Å². The molecule has 2 aromatic rings. The molecule has 0 aliphatic rings. The minimum atomic E-state index is -5.89.